The minimum Gasteiger partial charge on any atom is -0.350 e. The second-order valence-electron chi connectivity index (χ2n) is 2.81. The summed E-state index contributed by atoms with van der Waals surface area (Å²) in [5, 5.41) is 3.64. The Morgan fingerprint density at radius 1 is 1.43 bits per heavy atom. The molecule has 14 heavy (non-hydrogen) atoms. The number of hydrogen-bond donors (Lipinski definition) is 2. The Hall–Kier alpha value is -1.84. The van der Waals surface area contributed by atoms with Crippen LogP contribution in [0.5, 0.6) is 0 Å². The van der Waals surface area contributed by atoms with Gasteiger partial charge in [0.15, 0.2) is 0 Å². The van der Waals surface area contributed by atoms with Crippen LogP contribution in [0.3, 0.4) is 0 Å². The molecule has 0 bridgehead atoms. The van der Waals surface area contributed by atoms with Crippen molar-refractivity contribution in [2.45, 2.75) is 12.8 Å². The lowest BCUT2D eigenvalue weighted by Crippen LogP contribution is -2.24. The maximum Gasteiger partial charge on any atom is 0.332 e. The van der Waals surface area contributed by atoms with Gasteiger partial charge in [0.1, 0.15) is 0 Å². The van der Waals surface area contributed by atoms with E-state index in [1.807, 2.05) is 18.2 Å². The number of nitrogens with two attached hydrogens (primary N) is 1. The Bertz CT molecular complexity index is 308. The number of carbonyl (C=O) groups excluding carboxylic acids is 1. The van der Waals surface area contributed by atoms with Crippen LogP contribution in [0.25, 0.3) is 0 Å². The molecule has 0 aliphatic carbocycles. The first kappa shape index (κ1) is 10.2. The number of hydrazone groups is 1. The first-order valence-electron chi connectivity index (χ1n) is 4.40. The van der Waals surface area contributed by atoms with E-state index in [0.29, 0.717) is 0 Å². The molecule has 0 radical (unpaired) electrons. The van der Waals surface area contributed by atoms with Gasteiger partial charge in [-0.1, -0.05) is 30.3 Å². The molecule has 74 valence electrons. The SMILES string of the molecule is NC(=O)N/N=C\CCc1ccccc1. The molecule has 0 aliphatic rings. The van der Waals surface area contributed by atoms with Crippen LogP contribution in [0, 0.1) is 0 Å². The van der Waals surface area contributed by atoms with Crippen LogP contribution >= 0.6 is 0 Å². The van der Waals surface area contributed by atoms with Gasteiger partial charge >= 0.3 is 6.03 Å². The van der Waals surface area contributed by atoms with Gasteiger partial charge in [0, 0.05) is 6.21 Å². The molecule has 0 unspecified atom stereocenters. The summed E-state index contributed by atoms with van der Waals surface area (Å²) in [6.07, 6.45) is 3.33. The molecule has 0 fully saturated rings. The third kappa shape index (κ3) is 4.25. The summed E-state index contributed by atoms with van der Waals surface area (Å²) >= 11 is 0. The summed E-state index contributed by atoms with van der Waals surface area (Å²) in [5.74, 6) is 0. The highest BCUT2D eigenvalue weighted by Gasteiger charge is 1.88. The van der Waals surface area contributed by atoms with E-state index in [-0.39, 0.29) is 0 Å². The molecule has 0 atom stereocenters. The van der Waals surface area contributed by atoms with E-state index >= 15 is 0 Å². The Balaban J connectivity index is 2.22. The smallest absolute Gasteiger partial charge is 0.332 e. The van der Waals surface area contributed by atoms with Gasteiger partial charge in [-0.25, -0.2) is 10.2 Å². The average molecular weight is 191 g/mol. The van der Waals surface area contributed by atoms with E-state index in [1.165, 1.54) is 5.56 Å². The molecule has 1 aromatic rings. The first-order valence-corrected chi connectivity index (χ1v) is 4.40. The van der Waals surface area contributed by atoms with Gasteiger partial charge in [0.25, 0.3) is 0 Å². The Kier molecular flexibility index (Phi) is 4.20. The molecule has 0 heterocycles. The summed E-state index contributed by atoms with van der Waals surface area (Å²) in [7, 11) is 0. The molecule has 3 N–H and O–H groups in total. The number of hydrogen-bond acceptors (Lipinski definition) is 2. The molecule has 1 aromatic carbocycles. The van der Waals surface area contributed by atoms with Gasteiger partial charge in [-0.3, -0.25) is 0 Å². The van der Waals surface area contributed by atoms with Crippen LogP contribution in [-0.4, -0.2) is 12.2 Å². The summed E-state index contributed by atoms with van der Waals surface area (Å²) < 4.78 is 0. The molecular weight excluding hydrogens is 178 g/mol. The number of urea groups is 1. The molecule has 1 rings (SSSR count). The van der Waals surface area contributed by atoms with E-state index in [0.717, 1.165) is 12.8 Å². The fourth-order valence-corrected chi connectivity index (χ4v) is 1.05. The second-order valence-corrected chi connectivity index (χ2v) is 2.81. The van der Waals surface area contributed by atoms with Gasteiger partial charge in [-0.2, -0.15) is 5.10 Å². The average Bonchev–Trinajstić information content (AvgIpc) is 2.18. The number of primary amides is 1. The normalized spacial score (nSPS) is 10.3. The number of aryl methyl sites for hydroxylation is 1. The molecule has 0 spiro atoms. The van der Waals surface area contributed by atoms with Gasteiger partial charge < -0.3 is 5.73 Å². The molecule has 0 aliphatic heterocycles. The first-order chi connectivity index (χ1) is 6.79. The van der Waals surface area contributed by atoms with Crippen molar-refractivity contribution in [1.82, 2.24) is 5.43 Å². The van der Waals surface area contributed by atoms with E-state index in [2.05, 4.69) is 22.7 Å². The summed E-state index contributed by atoms with van der Waals surface area (Å²) in [6, 6.07) is 9.43. The fraction of sp³-hybridized carbons (Fsp3) is 0.200. The van der Waals surface area contributed by atoms with E-state index in [9.17, 15) is 4.79 Å². The molecule has 0 saturated carbocycles. The molecule has 2 amide bonds. The lowest BCUT2D eigenvalue weighted by molar-refractivity contribution is 0.249. The van der Waals surface area contributed by atoms with Crippen LogP contribution in [0.4, 0.5) is 4.79 Å². The van der Waals surface area contributed by atoms with Crippen molar-refractivity contribution in [1.29, 1.82) is 0 Å². The van der Waals surface area contributed by atoms with Gasteiger partial charge in [-0.05, 0) is 18.4 Å². The third-order valence-electron chi connectivity index (χ3n) is 1.67. The van der Waals surface area contributed by atoms with Crippen LogP contribution < -0.4 is 11.2 Å². The summed E-state index contributed by atoms with van der Waals surface area (Å²) in [4.78, 5) is 10.2. The quantitative estimate of drug-likeness (QED) is 0.546. The minimum atomic E-state index is -0.638. The number of benzene rings is 1. The van der Waals surface area contributed by atoms with Crippen molar-refractivity contribution in [3.8, 4) is 0 Å². The number of carbonyl (C=O) groups is 1. The van der Waals surface area contributed by atoms with Gasteiger partial charge in [0.05, 0.1) is 0 Å². The predicted molar refractivity (Wildman–Crippen MR) is 56.0 cm³/mol. The van der Waals surface area contributed by atoms with Crippen molar-refractivity contribution in [2.24, 2.45) is 10.8 Å². The van der Waals surface area contributed by atoms with Crippen LogP contribution in [0.15, 0.2) is 35.4 Å². The number of rotatable bonds is 4. The highest BCUT2D eigenvalue weighted by Crippen LogP contribution is 2.00. The Morgan fingerprint density at radius 2 is 2.14 bits per heavy atom. The monoisotopic (exact) mass is 191 g/mol. The van der Waals surface area contributed by atoms with E-state index in [4.69, 9.17) is 5.73 Å². The molecule has 0 aromatic heterocycles. The van der Waals surface area contributed by atoms with E-state index in [1.54, 1.807) is 6.21 Å². The maximum absolute atomic E-state index is 10.2. The summed E-state index contributed by atoms with van der Waals surface area (Å²) in [5.41, 5.74) is 8.21. The van der Waals surface area contributed by atoms with Crippen LogP contribution in [0.1, 0.15) is 12.0 Å². The summed E-state index contributed by atoms with van der Waals surface area (Å²) in [6.45, 7) is 0. The Labute approximate surface area is 82.8 Å². The van der Waals surface area contributed by atoms with E-state index < -0.39 is 6.03 Å². The zero-order valence-corrected chi connectivity index (χ0v) is 7.81. The topological polar surface area (TPSA) is 67.5 Å². The zero-order valence-electron chi connectivity index (χ0n) is 7.81. The molecule has 4 heteroatoms. The minimum absolute atomic E-state index is 0.638. The highest BCUT2D eigenvalue weighted by atomic mass is 16.2. The van der Waals surface area contributed by atoms with Gasteiger partial charge in [-0.15, -0.1) is 0 Å². The maximum atomic E-state index is 10.2. The van der Waals surface area contributed by atoms with Gasteiger partial charge in [0.2, 0.25) is 0 Å². The Morgan fingerprint density at radius 3 is 2.79 bits per heavy atom. The lowest BCUT2D eigenvalue weighted by atomic mass is 10.1. The molecule has 0 saturated heterocycles. The van der Waals surface area contributed by atoms with Crippen molar-refractivity contribution >= 4 is 12.2 Å². The van der Waals surface area contributed by atoms with Crippen molar-refractivity contribution < 1.29 is 4.79 Å². The van der Waals surface area contributed by atoms with Crippen molar-refractivity contribution in [2.75, 3.05) is 0 Å². The lowest BCUT2D eigenvalue weighted by Gasteiger charge is -1.96. The molecular formula is C10H13N3O. The second kappa shape index (κ2) is 5.75. The number of nitrogens with one attached hydrogen (secondary N) is 1. The molecule has 4 nitrogen and oxygen atoms in total. The largest absolute Gasteiger partial charge is 0.350 e. The van der Waals surface area contributed by atoms with Crippen molar-refractivity contribution in [3.05, 3.63) is 35.9 Å². The highest BCUT2D eigenvalue weighted by molar-refractivity contribution is 5.72. The third-order valence-corrected chi connectivity index (χ3v) is 1.67. The standard InChI is InChI=1S/C10H13N3O/c11-10(14)13-12-8-4-7-9-5-2-1-3-6-9/h1-3,5-6,8H,4,7H2,(H3,11,13,14)/b12-8-. The number of nitrogens with zero attached hydrogens (tertiary/aromatic N) is 1. The zero-order chi connectivity index (χ0) is 10.2. The van der Waals surface area contributed by atoms with Crippen LogP contribution in [0.2, 0.25) is 0 Å². The van der Waals surface area contributed by atoms with Crippen molar-refractivity contribution in [3.63, 3.8) is 0 Å². The number of amides is 2. The predicted octanol–water partition coefficient (Wildman–Crippen LogP) is 1.27. The van der Waals surface area contributed by atoms with Crippen LogP contribution in [-0.2, 0) is 6.42 Å². The fourth-order valence-electron chi connectivity index (χ4n) is 1.05.